The van der Waals surface area contributed by atoms with E-state index in [1.54, 1.807) is 12.4 Å². The van der Waals surface area contributed by atoms with Crippen LogP contribution in [0.15, 0.2) is 30.6 Å². The second kappa shape index (κ2) is 3.07. The van der Waals surface area contributed by atoms with Crippen molar-refractivity contribution in [3.05, 3.63) is 36.3 Å². The van der Waals surface area contributed by atoms with Crippen LogP contribution >= 0.6 is 11.6 Å². The quantitative estimate of drug-likeness (QED) is 0.627. The minimum absolute atomic E-state index is 0.457. The minimum Gasteiger partial charge on any atom is -0.264 e. The van der Waals surface area contributed by atoms with Gasteiger partial charge in [-0.2, -0.15) is 0 Å². The SMILES string of the molecule is ClCc1ccc2cnccc2n1. The second-order valence-corrected chi connectivity index (χ2v) is 2.77. The average Bonchev–Trinajstić information content (AvgIpc) is 2.17. The normalized spacial score (nSPS) is 10.4. The third-order valence-electron chi connectivity index (χ3n) is 1.68. The van der Waals surface area contributed by atoms with Crippen molar-refractivity contribution in [1.29, 1.82) is 0 Å². The van der Waals surface area contributed by atoms with Crippen LogP contribution < -0.4 is 0 Å². The van der Waals surface area contributed by atoms with Gasteiger partial charge >= 0.3 is 0 Å². The number of hydrogen-bond acceptors (Lipinski definition) is 2. The lowest BCUT2D eigenvalue weighted by molar-refractivity contribution is 1.21. The Morgan fingerprint density at radius 2 is 2.17 bits per heavy atom. The maximum atomic E-state index is 5.65. The summed E-state index contributed by atoms with van der Waals surface area (Å²) in [4.78, 5) is 8.32. The van der Waals surface area contributed by atoms with Gasteiger partial charge in [0.05, 0.1) is 17.1 Å². The summed E-state index contributed by atoms with van der Waals surface area (Å²) in [5.41, 5.74) is 1.85. The molecule has 2 heterocycles. The van der Waals surface area contributed by atoms with Crippen LogP contribution in [-0.2, 0) is 5.88 Å². The van der Waals surface area contributed by atoms with Crippen LogP contribution in [-0.4, -0.2) is 9.97 Å². The predicted octanol–water partition coefficient (Wildman–Crippen LogP) is 2.37. The number of pyridine rings is 2. The Kier molecular flexibility index (Phi) is 1.92. The number of alkyl halides is 1. The molecule has 0 aliphatic carbocycles. The first-order valence-electron chi connectivity index (χ1n) is 3.66. The maximum Gasteiger partial charge on any atom is 0.0736 e. The van der Waals surface area contributed by atoms with E-state index in [-0.39, 0.29) is 0 Å². The van der Waals surface area contributed by atoms with Crippen molar-refractivity contribution in [3.63, 3.8) is 0 Å². The van der Waals surface area contributed by atoms with Gasteiger partial charge in [0.15, 0.2) is 0 Å². The summed E-state index contributed by atoms with van der Waals surface area (Å²) in [5, 5.41) is 1.05. The van der Waals surface area contributed by atoms with Crippen LogP contribution in [0.25, 0.3) is 10.9 Å². The van der Waals surface area contributed by atoms with Crippen molar-refractivity contribution in [1.82, 2.24) is 9.97 Å². The Balaban J connectivity index is 2.67. The Hall–Kier alpha value is -1.15. The molecule has 0 saturated carbocycles. The molecule has 0 amide bonds. The van der Waals surface area contributed by atoms with Crippen LogP contribution in [0.2, 0.25) is 0 Å². The lowest BCUT2D eigenvalue weighted by atomic mass is 10.2. The van der Waals surface area contributed by atoms with Crippen LogP contribution in [0, 0.1) is 0 Å². The molecule has 0 aromatic carbocycles. The highest BCUT2D eigenvalue weighted by Gasteiger charge is 1.95. The molecular weight excluding hydrogens is 172 g/mol. The van der Waals surface area contributed by atoms with E-state index in [2.05, 4.69) is 9.97 Å². The van der Waals surface area contributed by atoms with Gasteiger partial charge in [0.2, 0.25) is 0 Å². The molecule has 2 aromatic rings. The summed E-state index contributed by atoms with van der Waals surface area (Å²) in [6.45, 7) is 0. The van der Waals surface area contributed by atoms with E-state index in [1.807, 2.05) is 18.2 Å². The predicted molar refractivity (Wildman–Crippen MR) is 49.1 cm³/mol. The van der Waals surface area contributed by atoms with Gasteiger partial charge in [-0.05, 0) is 18.2 Å². The van der Waals surface area contributed by atoms with E-state index < -0.39 is 0 Å². The smallest absolute Gasteiger partial charge is 0.0736 e. The zero-order valence-corrected chi connectivity index (χ0v) is 7.12. The number of nitrogens with zero attached hydrogens (tertiary/aromatic N) is 2. The summed E-state index contributed by atoms with van der Waals surface area (Å²) < 4.78 is 0. The molecule has 0 bridgehead atoms. The molecule has 60 valence electrons. The Morgan fingerprint density at radius 1 is 1.25 bits per heavy atom. The van der Waals surface area contributed by atoms with Crippen LogP contribution in [0.5, 0.6) is 0 Å². The van der Waals surface area contributed by atoms with Gasteiger partial charge in [-0.15, -0.1) is 11.6 Å². The molecule has 2 aromatic heterocycles. The molecule has 3 heteroatoms. The van der Waals surface area contributed by atoms with E-state index >= 15 is 0 Å². The molecule has 0 saturated heterocycles. The van der Waals surface area contributed by atoms with Crippen molar-refractivity contribution >= 4 is 22.5 Å². The first-order chi connectivity index (χ1) is 5.90. The fourth-order valence-electron chi connectivity index (χ4n) is 1.08. The van der Waals surface area contributed by atoms with Gasteiger partial charge in [-0.3, -0.25) is 9.97 Å². The van der Waals surface area contributed by atoms with Crippen LogP contribution in [0.3, 0.4) is 0 Å². The van der Waals surface area contributed by atoms with Crippen LogP contribution in [0.4, 0.5) is 0 Å². The molecule has 0 atom stereocenters. The number of fused-ring (bicyclic) bond motifs is 1. The molecule has 12 heavy (non-hydrogen) atoms. The lowest BCUT2D eigenvalue weighted by Crippen LogP contribution is -1.86. The molecule has 0 fully saturated rings. The molecular formula is C9H7ClN2. The Morgan fingerprint density at radius 3 is 3.00 bits per heavy atom. The van der Waals surface area contributed by atoms with E-state index in [1.165, 1.54) is 0 Å². The van der Waals surface area contributed by atoms with E-state index in [0.29, 0.717) is 5.88 Å². The zero-order valence-electron chi connectivity index (χ0n) is 6.37. The van der Waals surface area contributed by atoms with Gasteiger partial charge in [-0.1, -0.05) is 0 Å². The van der Waals surface area contributed by atoms with Crippen molar-refractivity contribution in [2.75, 3.05) is 0 Å². The topological polar surface area (TPSA) is 25.8 Å². The molecule has 2 rings (SSSR count). The Labute approximate surface area is 75.2 Å². The zero-order chi connectivity index (χ0) is 8.39. The highest BCUT2D eigenvalue weighted by molar-refractivity contribution is 6.16. The van der Waals surface area contributed by atoms with Crippen molar-refractivity contribution in [3.8, 4) is 0 Å². The second-order valence-electron chi connectivity index (χ2n) is 2.50. The van der Waals surface area contributed by atoms with E-state index in [4.69, 9.17) is 11.6 Å². The van der Waals surface area contributed by atoms with Gasteiger partial charge in [-0.25, -0.2) is 0 Å². The number of rotatable bonds is 1. The summed E-state index contributed by atoms with van der Waals surface area (Å²) >= 11 is 5.65. The molecule has 0 aliphatic heterocycles. The summed E-state index contributed by atoms with van der Waals surface area (Å²) in [6.07, 6.45) is 3.52. The van der Waals surface area contributed by atoms with Gasteiger partial charge in [0, 0.05) is 17.8 Å². The molecule has 0 N–H and O–H groups in total. The third-order valence-corrected chi connectivity index (χ3v) is 1.96. The fourth-order valence-corrected chi connectivity index (χ4v) is 1.23. The highest BCUT2D eigenvalue weighted by Crippen LogP contribution is 2.11. The van der Waals surface area contributed by atoms with Crippen LogP contribution in [0.1, 0.15) is 5.69 Å². The maximum absolute atomic E-state index is 5.65. The molecule has 0 aliphatic rings. The molecule has 0 radical (unpaired) electrons. The summed E-state index contributed by atoms with van der Waals surface area (Å²) in [6, 6.07) is 5.77. The third kappa shape index (κ3) is 1.25. The lowest BCUT2D eigenvalue weighted by Gasteiger charge is -1.97. The fraction of sp³-hybridized carbons (Fsp3) is 0.111. The van der Waals surface area contributed by atoms with E-state index in [9.17, 15) is 0 Å². The average molecular weight is 179 g/mol. The van der Waals surface area contributed by atoms with Crippen molar-refractivity contribution in [2.24, 2.45) is 0 Å². The largest absolute Gasteiger partial charge is 0.264 e. The standard InChI is InChI=1S/C9H7ClN2/c10-5-8-2-1-7-6-11-4-3-9(7)12-8/h1-4,6H,5H2. The van der Waals surface area contributed by atoms with E-state index in [0.717, 1.165) is 16.6 Å². The molecule has 0 unspecified atom stereocenters. The highest BCUT2D eigenvalue weighted by atomic mass is 35.5. The molecule has 2 nitrogen and oxygen atoms in total. The monoisotopic (exact) mass is 178 g/mol. The first-order valence-corrected chi connectivity index (χ1v) is 4.19. The number of hydrogen-bond donors (Lipinski definition) is 0. The summed E-state index contributed by atoms with van der Waals surface area (Å²) in [5.74, 6) is 0.457. The van der Waals surface area contributed by atoms with Crippen molar-refractivity contribution in [2.45, 2.75) is 5.88 Å². The van der Waals surface area contributed by atoms with Crippen molar-refractivity contribution < 1.29 is 0 Å². The number of aromatic nitrogens is 2. The Bertz CT molecular complexity index is 400. The summed E-state index contributed by atoms with van der Waals surface area (Å²) in [7, 11) is 0. The van der Waals surface area contributed by atoms with Gasteiger partial charge in [0.1, 0.15) is 0 Å². The molecule has 0 spiro atoms. The first kappa shape index (κ1) is 7.50. The van der Waals surface area contributed by atoms with Gasteiger partial charge in [0.25, 0.3) is 0 Å². The minimum atomic E-state index is 0.457. The van der Waals surface area contributed by atoms with Gasteiger partial charge < -0.3 is 0 Å². The number of halogens is 1.